The fraction of sp³-hybridized carbons (Fsp3) is 0.190. The highest BCUT2D eigenvalue weighted by Crippen LogP contribution is 2.38. The lowest BCUT2D eigenvalue weighted by Gasteiger charge is -2.14. The second kappa shape index (κ2) is 8.23. The van der Waals surface area contributed by atoms with Gasteiger partial charge in [0, 0.05) is 19.2 Å². The van der Waals surface area contributed by atoms with Gasteiger partial charge in [-0.2, -0.15) is 23.3 Å². The second-order valence-electron chi connectivity index (χ2n) is 6.67. The molecular weight excluding hydrogens is 411 g/mol. The van der Waals surface area contributed by atoms with E-state index in [1.165, 1.54) is 12.1 Å². The van der Waals surface area contributed by atoms with E-state index in [1.807, 2.05) is 30.3 Å². The van der Waals surface area contributed by atoms with Crippen molar-refractivity contribution in [2.24, 2.45) is 12.8 Å². The van der Waals surface area contributed by atoms with Gasteiger partial charge in [-0.15, -0.1) is 0 Å². The van der Waals surface area contributed by atoms with Crippen LogP contribution in [-0.2, 0) is 13.2 Å². The molecule has 0 aliphatic heterocycles. The first-order valence-electron chi connectivity index (χ1n) is 9.35. The van der Waals surface area contributed by atoms with E-state index in [0.717, 1.165) is 17.3 Å². The summed E-state index contributed by atoms with van der Waals surface area (Å²) in [5.41, 5.74) is 6.72. The average molecular weight is 429 g/mol. The number of benzene rings is 2. The molecule has 0 radical (unpaired) electrons. The molecule has 0 spiro atoms. The van der Waals surface area contributed by atoms with E-state index in [0.29, 0.717) is 5.69 Å². The molecule has 0 saturated carbocycles. The van der Waals surface area contributed by atoms with Crippen molar-refractivity contribution in [1.82, 2.24) is 19.9 Å². The molecule has 2 aromatic carbocycles. The molecular formula is C21H18F3N5O2. The number of ether oxygens (including phenoxy) is 1. The lowest BCUT2D eigenvalue weighted by atomic mass is 10.1. The van der Waals surface area contributed by atoms with Crippen LogP contribution < -0.4 is 10.5 Å². The number of halogens is 3. The average Bonchev–Trinajstić information content (AvgIpc) is 3.39. The number of hydrogen-bond acceptors (Lipinski definition) is 6. The maximum atomic E-state index is 13.5. The standard InChI is InChI=1S/C21H18F3N5O2/c1-29-17(13-5-3-2-4-6-13)12-16(27-29)20-26-19(28-31-20)14-7-8-18(30-10-9-25)15(11-14)21(22,23)24/h2-8,11-12H,9-10,25H2,1H3. The number of alkyl halides is 3. The quantitative estimate of drug-likeness (QED) is 0.495. The van der Waals surface area contributed by atoms with Gasteiger partial charge in [0.25, 0.3) is 5.89 Å². The second-order valence-corrected chi connectivity index (χ2v) is 6.67. The summed E-state index contributed by atoms with van der Waals surface area (Å²) < 4.78 is 52.4. The SMILES string of the molecule is Cn1nc(-c2nc(-c3ccc(OCCN)c(C(F)(F)F)c3)no2)cc1-c1ccccc1. The number of aryl methyl sites for hydroxylation is 1. The summed E-state index contributed by atoms with van der Waals surface area (Å²) in [6.07, 6.45) is -4.61. The van der Waals surface area contributed by atoms with Crippen LogP contribution in [0.4, 0.5) is 13.2 Å². The Hall–Kier alpha value is -3.66. The fourth-order valence-electron chi connectivity index (χ4n) is 3.08. The van der Waals surface area contributed by atoms with E-state index in [-0.39, 0.29) is 36.2 Å². The van der Waals surface area contributed by atoms with Crippen LogP contribution in [0.1, 0.15) is 5.56 Å². The Labute approximate surface area is 175 Å². The van der Waals surface area contributed by atoms with Gasteiger partial charge >= 0.3 is 6.18 Å². The minimum Gasteiger partial charge on any atom is -0.492 e. The maximum Gasteiger partial charge on any atom is 0.419 e. The van der Waals surface area contributed by atoms with Crippen LogP contribution in [0.15, 0.2) is 59.1 Å². The van der Waals surface area contributed by atoms with Crippen molar-refractivity contribution >= 4 is 0 Å². The molecule has 4 rings (SSSR count). The largest absolute Gasteiger partial charge is 0.492 e. The van der Waals surface area contributed by atoms with Gasteiger partial charge in [0.05, 0.1) is 11.3 Å². The van der Waals surface area contributed by atoms with Crippen LogP contribution in [0.2, 0.25) is 0 Å². The van der Waals surface area contributed by atoms with Gasteiger partial charge in [0.2, 0.25) is 5.82 Å². The van der Waals surface area contributed by atoms with E-state index in [1.54, 1.807) is 17.8 Å². The minimum absolute atomic E-state index is 0.0118. The molecule has 10 heteroatoms. The number of rotatable bonds is 6. The van der Waals surface area contributed by atoms with E-state index in [2.05, 4.69) is 15.2 Å². The van der Waals surface area contributed by atoms with Gasteiger partial charge in [0.1, 0.15) is 12.4 Å². The molecule has 0 amide bonds. The summed E-state index contributed by atoms with van der Waals surface area (Å²) in [5.74, 6) is -0.190. The van der Waals surface area contributed by atoms with Gasteiger partial charge in [-0.1, -0.05) is 35.5 Å². The molecule has 2 N–H and O–H groups in total. The molecule has 0 bridgehead atoms. The molecule has 0 fully saturated rings. The Morgan fingerprint density at radius 2 is 1.84 bits per heavy atom. The highest BCUT2D eigenvalue weighted by atomic mass is 19.4. The number of nitrogens with two attached hydrogens (primary N) is 1. The summed E-state index contributed by atoms with van der Waals surface area (Å²) in [6.45, 7) is 0.0699. The number of hydrogen-bond donors (Lipinski definition) is 1. The van der Waals surface area contributed by atoms with Crippen molar-refractivity contribution in [1.29, 1.82) is 0 Å². The summed E-state index contributed by atoms with van der Waals surface area (Å²) in [5, 5.41) is 8.20. The number of nitrogens with zero attached hydrogens (tertiary/aromatic N) is 4. The molecule has 0 saturated heterocycles. The van der Waals surface area contributed by atoms with Crippen molar-refractivity contribution in [3.05, 3.63) is 60.2 Å². The van der Waals surface area contributed by atoms with Gasteiger partial charge in [0.15, 0.2) is 5.69 Å². The van der Waals surface area contributed by atoms with Crippen LogP contribution in [0.25, 0.3) is 34.2 Å². The zero-order chi connectivity index (χ0) is 22.0. The Morgan fingerprint density at radius 1 is 1.06 bits per heavy atom. The van der Waals surface area contributed by atoms with Crippen molar-refractivity contribution in [3.63, 3.8) is 0 Å². The first-order valence-corrected chi connectivity index (χ1v) is 9.35. The molecule has 4 aromatic rings. The Kier molecular flexibility index (Phi) is 5.47. The zero-order valence-electron chi connectivity index (χ0n) is 16.4. The molecule has 2 heterocycles. The maximum absolute atomic E-state index is 13.5. The molecule has 0 atom stereocenters. The van der Waals surface area contributed by atoms with E-state index >= 15 is 0 Å². The van der Waals surface area contributed by atoms with E-state index in [9.17, 15) is 13.2 Å². The highest BCUT2D eigenvalue weighted by molar-refractivity contribution is 5.66. The van der Waals surface area contributed by atoms with Gasteiger partial charge in [-0.25, -0.2) is 0 Å². The Bertz CT molecular complexity index is 1190. The summed E-state index contributed by atoms with van der Waals surface area (Å²) >= 11 is 0. The van der Waals surface area contributed by atoms with Crippen molar-refractivity contribution in [3.8, 4) is 40.0 Å². The Morgan fingerprint density at radius 3 is 2.55 bits per heavy atom. The van der Waals surface area contributed by atoms with Crippen LogP contribution in [-0.4, -0.2) is 33.1 Å². The Balaban J connectivity index is 1.67. The topological polar surface area (TPSA) is 92.0 Å². The van der Waals surface area contributed by atoms with Gasteiger partial charge < -0.3 is 15.0 Å². The zero-order valence-corrected chi connectivity index (χ0v) is 16.4. The van der Waals surface area contributed by atoms with Crippen LogP contribution in [0, 0.1) is 0 Å². The van der Waals surface area contributed by atoms with Crippen LogP contribution >= 0.6 is 0 Å². The first-order chi connectivity index (χ1) is 14.9. The predicted molar refractivity (Wildman–Crippen MR) is 107 cm³/mol. The number of aromatic nitrogens is 4. The van der Waals surface area contributed by atoms with Gasteiger partial charge in [-0.05, 0) is 29.8 Å². The summed E-state index contributed by atoms with van der Waals surface area (Å²) in [4.78, 5) is 4.23. The van der Waals surface area contributed by atoms with E-state index in [4.69, 9.17) is 15.0 Å². The molecule has 2 aromatic heterocycles. The van der Waals surface area contributed by atoms with Crippen molar-refractivity contribution in [2.75, 3.05) is 13.2 Å². The lowest BCUT2D eigenvalue weighted by molar-refractivity contribution is -0.138. The monoisotopic (exact) mass is 429 g/mol. The normalized spacial score (nSPS) is 11.6. The molecule has 31 heavy (non-hydrogen) atoms. The van der Waals surface area contributed by atoms with Crippen molar-refractivity contribution in [2.45, 2.75) is 6.18 Å². The molecule has 7 nitrogen and oxygen atoms in total. The highest BCUT2D eigenvalue weighted by Gasteiger charge is 2.35. The smallest absolute Gasteiger partial charge is 0.419 e. The van der Waals surface area contributed by atoms with Gasteiger partial charge in [-0.3, -0.25) is 4.68 Å². The lowest BCUT2D eigenvalue weighted by Crippen LogP contribution is -2.14. The minimum atomic E-state index is -4.61. The third kappa shape index (κ3) is 4.29. The third-order valence-corrected chi connectivity index (χ3v) is 4.51. The summed E-state index contributed by atoms with van der Waals surface area (Å²) in [7, 11) is 1.78. The van der Waals surface area contributed by atoms with Crippen molar-refractivity contribution < 1.29 is 22.4 Å². The van der Waals surface area contributed by atoms with Crippen LogP contribution in [0.5, 0.6) is 5.75 Å². The van der Waals surface area contributed by atoms with E-state index < -0.39 is 11.7 Å². The molecule has 0 aliphatic carbocycles. The van der Waals surface area contributed by atoms with Crippen LogP contribution in [0.3, 0.4) is 0 Å². The fourth-order valence-corrected chi connectivity index (χ4v) is 3.08. The summed E-state index contributed by atoms with van der Waals surface area (Å²) in [6, 6.07) is 15.0. The first kappa shape index (κ1) is 20.6. The third-order valence-electron chi connectivity index (χ3n) is 4.51. The molecule has 0 unspecified atom stereocenters. The molecule has 160 valence electrons. The predicted octanol–water partition coefficient (Wildman–Crippen LogP) is 4.16. The molecule has 0 aliphatic rings.